The molecule has 0 saturated carbocycles. The standard InChI is InChI=1S/C20H34N4O4S/c1-4-22(5-2)14-15-23(20(25)18-6-8-19(28-3)9-7-18)16-17-29(26,27)24-12-10-21-11-13-24/h6-9,21H,4-5,10-17H2,1-3H3. The van der Waals surface area contributed by atoms with Crippen LogP contribution in [0.3, 0.4) is 0 Å². The van der Waals surface area contributed by atoms with Crippen LogP contribution in [0.4, 0.5) is 0 Å². The number of ether oxygens (including phenoxy) is 1. The second kappa shape index (κ2) is 11.5. The number of piperazine rings is 1. The minimum atomic E-state index is -3.39. The van der Waals surface area contributed by atoms with E-state index >= 15 is 0 Å². The molecule has 0 atom stereocenters. The van der Waals surface area contributed by atoms with Crippen molar-refractivity contribution < 1.29 is 17.9 Å². The molecule has 0 radical (unpaired) electrons. The van der Waals surface area contributed by atoms with Gasteiger partial charge in [-0.15, -0.1) is 0 Å². The van der Waals surface area contributed by atoms with Crippen LogP contribution in [0.2, 0.25) is 0 Å². The van der Waals surface area contributed by atoms with Gasteiger partial charge in [0.25, 0.3) is 5.91 Å². The summed E-state index contributed by atoms with van der Waals surface area (Å²) in [5.74, 6) is 0.459. The lowest BCUT2D eigenvalue weighted by atomic mass is 10.2. The molecule has 1 aliphatic rings. The van der Waals surface area contributed by atoms with Gasteiger partial charge >= 0.3 is 0 Å². The lowest BCUT2D eigenvalue weighted by Gasteiger charge is -2.29. The first-order valence-electron chi connectivity index (χ1n) is 10.3. The van der Waals surface area contributed by atoms with E-state index in [-0.39, 0.29) is 18.2 Å². The first kappa shape index (κ1) is 23.6. The molecule has 0 aliphatic carbocycles. The van der Waals surface area contributed by atoms with Crippen molar-refractivity contribution in [2.45, 2.75) is 13.8 Å². The summed E-state index contributed by atoms with van der Waals surface area (Å²) in [7, 11) is -1.81. The summed E-state index contributed by atoms with van der Waals surface area (Å²) in [6.45, 7) is 9.60. The van der Waals surface area contributed by atoms with Crippen LogP contribution in [0, 0.1) is 0 Å². The molecule has 1 saturated heterocycles. The molecule has 1 N–H and O–H groups in total. The SMILES string of the molecule is CCN(CC)CCN(CCS(=O)(=O)N1CCNCC1)C(=O)c1ccc(OC)cc1. The van der Waals surface area contributed by atoms with Crippen LogP contribution >= 0.6 is 0 Å². The highest BCUT2D eigenvalue weighted by Crippen LogP contribution is 2.14. The summed E-state index contributed by atoms with van der Waals surface area (Å²) in [5.41, 5.74) is 0.532. The molecule has 0 spiro atoms. The summed E-state index contributed by atoms with van der Waals surface area (Å²) in [6.07, 6.45) is 0. The quantitative estimate of drug-likeness (QED) is 0.561. The second-order valence-corrected chi connectivity index (χ2v) is 9.10. The Hall–Kier alpha value is -1.68. The number of methoxy groups -OCH3 is 1. The Morgan fingerprint density at radius 1 is 1.07 bits per heavy atom. The van der Waals surface area contributed by atoms with Crippen LogP contribution in [0.5, 0.6) is 5.75 Å². The zero-order valence-electron chi connectivity index (χ0n) is 17.8. The van der Waals surface area contributed by atoms with Gasteiger partial charge < -0.3 is 19.9 Å². The number of carbonyl (C=O) groups excluding carboxylic acids is 1. The summed E-state index contributed by atoms with van der Waals surface area (Å²) in [5, 5.41) is 3.16. The Balaban J connectivity index is 2.09. The molecule has 29 heavy (non-hydrogen) atoms. The predicted octanol–water partition coefficient (Wildman–Crippen LogP) is 0.714. The molecule has 1 heterocycles. The summed E-state index contributed by atoms with van der Waals surface area (Å²) >= 11 is 0. The van der Waals surface area contributed by atoms with Gasteiger partial charge in [-0.25, -0.2) is 8.42 Å². The number of rotatable bonds is 11. The van der Waals surface area contributed by atoms with Crippen LogP contribution in [0.25, 0.3) is 0 Å². The molecule has 1 aromatic rings. The minimum absolute atomic E-state index is 0.0624. The molecule has 0 unspecified atom stereocenters. The number of hydrogen-bond donors (Lipinski definition) is 1. The molecule has 1 aromatic carbocycles. The fourth-order valence-corrected chi connectivity index (χ4v) is 4.76. The average molecular weight is 427 g/mol. The van der Waals surface area contributed by atoms with Crippen molar-refractivity contribution in [1.29, 1.82) is 0 Å². The normalized spacial score (nSPS) is 15.4. The van der Waals surface area contributed by atoms with Gasteiger partial charge in [0.05, 0.1) is 12.9 Å². The molecule has 0 bridgehead atoms. The smallest absolute Gasteiger partial charge is 0.253 e. The van der Waals surface area contributed by atoms with E-state index in [0.29, 0.717) is 50.6 Å². The van der Waals surface area contributed by atoms with Crippen LogP contribution in [0.1, 0.15) is 24.2 Å². The van der Waals surface area contributed by atoms with E-state index in [4.69, 9.17) is 4.74 Å². The molecule has 0 aromatic heterocycles. The lowest BCUT2D eigenvalue weighted by Crippen LogP contribution is -2.49. The summed E-state index contributed by atoms with van der Waals surface area (Å²) < 4.78 is 32.1. The number of nitrogens with one attached hydrogen (secondary N) is 1. The maximum atomic E-state index is 13.1. The van der Waals surface area contributed by atoms with E-state index in [9.17, 15) is 13.2 Å². The summed E-state index contributed by atoms with van der Waals surface area (Å²) in [4.78, 5) is 16.9. The number of carbonyl (C=O) groups is 1. The van der Waals surface area contributed by atoms with Gasteiger partial charge in [0.15, 0.2) is 0 Å². The van der Waals surface area contributed by atoms with Crippen molar-refractivity contribution in [2.24, 2.45) is 0 Å². The third-order valence-electron chi connectivity index (χ3n) is 5.29. The van der Waals surface area contributed by atoms with Gasteiger partial charge in [0, 0.05) is 51.4 Å². The number of hydrogen-bond acceptors (Lipinski definition) is 6. The largest absolute Gasteiger partial charge is 0.497 e. The minimum Gasteiger partial charge on any atom is -0.497 e. The fraction of sp³-hybridized carbons (Fsp3) is 0.650. The molecule has 1 fully saturated rings. The predicted molar refractivity (Wildman–Crippen MR) is 115 cm³/mol. The highest BCUT2D eigenvalue weighted by atomic mass is 32.2. The van der Waals surface area contributed by atoms with Gasteiger partial charge in [-0.1, -0.05) is 13.8 Å². The van der Waals surface area contributed by atoms with E-state index in [1.165, 1.54) is 4.31 Å². The van der Waals surface area contributed by atoms with Gasteiger partial charge in [-0.3, -0.25) is 4.79 Å². The number of likely N-dealkylation sites (N-methyl/N-ethyl adjacent to an activating group) is 1. The van der Waals surface area contributed by atoms with Crippen LogP contribution in [-0.4, -0.2) is 100 Å². The van der Waals surface area contributed by atoms with E-state index < -0.39 is 10.0 Å². The van der Waals surface area contributed by atoms with Gasteiger partial charge in [-0.05, 0) is 37.4 Å². The first-order chi connectivity index (χ1) is 13.9. The van der Waals surface area contributed by atoms with Gasteiger partial charge in [-0.2, -0.15) is 4.31 Å². The number of sulfonamides is 1. The van der Waals surface area contributed by atoms with E-state index in [0.717, 1.165) is 13.1 Å². The van der Waals surface area contributed by atoms with Crippen molar-refractivity contribution in [3.05, 3.63) is 29.8 Å². The van der Waals surface area contributed by atoms with E-state index in [2.05, 4.69) is 24.1 Å². The maximum absolute atomic E-state index is 13.1. The van der Waals surface area contributed by atoms with Crippen LogP contribution in [-0.2, 0) is 10.0 Å². The average Bonchev–Trinajstić information content (AvgIpc) is 2.76. The Morgan fingerprint density at radius 2 is 1.69 bits per heavy atom. The number of benzene rings is 1. The molecule has 164 valence electrons. The molecule has 1 aliphatic heterocycles. The van der Waals surface area contributed by atoms with Crippen molar-refractivity contribution in [1.82, 2.24) is 19.4 Å². The molecule has 9 heteroatoms. The molecular formula is C20H34N4O4S. The molecule has 2 rings (SSSR count). The lowest BCUT2D eigenvalue weighted by molar-refractivity contribution is 0.0747. The maximum Gasteiger partial charge on any atom is 0.253 e. The molecule has 8 nitrogen and oxygen atoms in total. The zero-order valence-corrected chi connectivity index (χ0v) is 18.6. The van der Waals surface area contributed by atoms with Gasteiger partial charge in [0.2, 0.25) is 10.0 Å². The third-order valence-corrected chi connectivity index (χ3v) is 7.14. The Bertz CT molecular complexity index is 729. The summed E-state index contributed by atoms with van der Waals surface area (Å²) in [6, 6.07) is 6.92. The first-order valence-corrected chi connectivity index (χ1v) is 11.9. The van der Waals surface area contributed by atoms with Crippen LogP contribution in [0.15, 0.2) is 24.3 Å². The fourth-order valence-electron chi connectivity index (χ4n) is 3.31. The Labute approximate surface area is 174 Å². The van der Waals surface area contributed by atoms with Crippen molar-refractivity contribution in [2.75, 3.05) is 71.8 Å². The van der Waals surface area contributed by atoms with Crippen LogP contribution < -0.4 is 10.1 Å². The highest BCUT2D eigenvalue weighted by Gasteiger charge is 2.26. The topological polar surface area (TPSA) is 82.2 Å². The van der Waals surface area contributed by atoms with E-state index in [1.807, 2.05) is 0 Å². The van der Waals surface area contributed by atoms with Gasteiger partial charge in [0.1, 0.15) is 5.75 Å². The zero-order chi connectivity index (χ0) is 21.3. The van der Waals surface area contributed by atoms with Crippen molar-refractivity contribution >= 4 is 15.9 Å². The Kier molecular flexibility index (Phi) is 9.35. The van der Waals surface area contributed by atoms with E-state index in [1.54, 1.807) is 36.3 Å². The molecule has 1 amide bonds. The van der Waals surface area contributed by atoms with Crippen molar-refractivity contribution in [3.63, 3.8) is 0 Å². The second-order valence-electron chi connectivity index (χ2n) is 7.01. The molecular weight excluding hydrogens is 392 g/mol. The highest BCUT2D eigenvalue weighted by molar-refractivity contribution is 7.89. The Morgan fingerprint density at radius 3 is 2.24 bits per heavy atom. The number of amides is 1. The number of nitrogens with zero attached hydrogens (tertiary/aromatic N) is 3. The monoisotopic (exact) mass is 426 g/mol. The van der Waals surface area contributed by atoms with Crippen molar-refractivity contribution in [3.8, 4) is 5.75 Å². The third kappa shape index (κ3) is 6.95.